The molecule has 0 heterocycles. The Bertz CT molecular complexity index is 130. The van der Waals surface area contributed by atoms with Gasteiger partial charge in [0.25, 0.3) is 0 Å². The molecule has 0 rings (SSSR count). The minimum atomic E-state index is -5.47. The fourth-order valence-electron chi connectivity index (χ4n) is 0. The summed E-state index contributed by atoms with van der Waals surface area (Å²) in [6.07, 6.45) is 0. The van der Waals surface area contributed by atoms with Crippen molar-refractivity contribution in [2.75, 3.05) is 0 Å². The van der Waals surface area contributed by atoms with Gasteiger partial charge in [0.1, 0.15) is 0 Å². The van der Waals surface area contributed by atoms with Crippen LogP contribution in [-0.2, 0) is 7.31 Å². The van der Waals surface area contributed by atoms with Crippen molar-refractivity contribution in [3.63, 3.8) is 0 Å². The molecule has 8 heteroatoms. The molecule has 0 aliphatic heterocycles. The van der Waals surface area contributed by atoms with E-state index in [4.69, 9.17) is 56.5 Å². The van der Waals surface area contributed by atoms with E-state index in [-0.39, 0.29) is 0 Å². The average Bonchev–Trinajstić information content (AvgIpc) is 1.04. The fraction of sp³-hybridized carbons (Fsp3) is 1.00. The summed E-state index contributed by atoms with van der Waals surface area (Å²) in [7, 11) is 24.9. The topological polar surface area (TPSA) is 0 Å². The summed E-state index contributed by atoms with van der Waals surface area (Å²) in [6, 6.07) is 0. The third kappa shape index (κ3) is 190. The summed E-state index contributed by atoms with van der Waals surface area (Å²) in [5.41, 5.74) is 0. The zero-order chi connectivity index (χ0) is 10.9. The minimum absolute atomic E-state index is 1.18. The van der Waals surface area contributed by atoms with Gasteiger partial charge >= 0.3 is 102 Å². The number of rotatable bonds is 0. The first-order chi connectivity index (χ1) is 4.45. The zero-order valence-electron chi connectivity index (χ0n) is 7.18. The van der Waals surface area contributed by atoms with E-state index >= 15 is 0 Å². The van der Waals surface area contributed by atoms with Gasteiger partial charge < -0.3 is 0 Å². The molecule has 0 aromatic rings. The van der Waals surface area contributed by atoms with Crippen LogP contribution in [-0.4, -0.2) is 18.4 Å². The second-order valence-electron chi connectivity index (χ2n) is 3.87. The third-order valence-corrected chi connectivity index (χ3v) is 0. The van der Waals surface area contributed by atoms with Crippen LogP contribution >= 0.6 is 56.5 Å². The van der Waals surface area contributed by atoms with Gasteiger partial charge in [-0.05, 0) is 0 Å². The van der Waals surface area contributed by atoms with E-state index in [9.17, 15) is 0 Å². The Morgan fingerprint density at radius 1 is 0.667 bits per heavy atom. The maximum atomic E-state index is 5.07. The molecule has 80 valence electrons. The second-order valence-corrected chi connectivity index (χ2v) is 84.6. The summed E-state index contributed by atoms with van der Waals surface area (Å²) in [4.78, 5) is 9.59. The van der Waals surface area contributed by atoms with E-state index in [2.05, 4.69) is 19.8 Å². The molecular weight excluding hydrogens is 563 g/mol. The molecule has 0 radical (unpaired) electrons. The van der Waals surface area contributed by atoms with E-state index in [0.29, 0.717) is 0 Å². The summed E-state index contributed by atoms with van der Waals surface area (Å²) in [5.74, 6) is 0. The number of hydrogen-bond donors (Lipinski definition) is 0. The van der Waals surface area contributed by atoms with E-state index in [1.165, 1.54) is 0 Å². The first-order valence-electron chi connectivity index (χ1n) is 2.93. The van der Waals surface area contributed by atoms with E-state index < -0.39 is 25.7 Å². The summed E-state index contributed by atoms with van der Waals surface area (Å²) in [5, 5.41) is 0. The van der Waals surface area contributed by atoms with Crippen molar-refractivity contribution < 1.29 is 7.31 Å². The van der Waals surface area contributed by atoms with Gasteiger partial charge in [0.05, 0.1) is 0 Å². The van der Waals surface area contributed by atoms with Crippen LogP contribution in [0.1, 0.15) is 0 Å². The van der Waals surface area contributed by atoms with Crippen molar-refractivity contribution in [1.29, 1.82) is 0 Å². The van der Waals surface area contributed by atoms with Crippen LogP contribution in [0, 0.1) is 0 Å². The van der Waals surface area contributed by atoms with Crippen LogP contribution < -0.4 is 0 Å². The summed E-state index contributed by atoms with van der Waals surface area (Å²) in [6.45, 7) is 0. The third-order valence-electron chi connectivity index (χ3n) is 0. The first kappa shape index (κ1) is 17.6. The Morgan fingerprint density at radius 3 is 0.667 bits per heavy atom. The zero-order valence-corrected chi connectivity index (χ0v) is 17.5. The van der Waals surface area contributed by atoms with Crippen LogP contribution in [0.15, 0.2) is 0 Å². The Morgan fingerprint density at radius 2 is 0.667 bits per heavy atom. The molecule has 0 N–H and O–H groups in total. The molecule has 0 spiro atoms. The first-order valence-corrected chi connectivity index (χ1v) is 36.2. The van der Waals surface area contributed by atoms with Gasteiger partial charge in [-0.15, -0.1) is 0 Å². The number of hydrogen-bond acceptors (Lipinski definition) is 0. The molecule has 0 aromatic carbocycles. The van der Waals surface area contributed by atoms with Gasteiger partial charge in [0.15, 0.2) is 0 Å². The average molecular weight is 575 g/mol. The van der Waals surface area contributed by atoms with Gasteiger partial charge in [-0.3, -0.25) is 0 Å². The van der Waals surface area contributed by atoms with Crippen molar-refractivity contribution in [1.82, 2.24) is 0 Å². The molecule has 0 aliphatic carbocycles. The standard InChI is InChI=1S/4CH3.6ClH.Sn.W/h4*1H3;6*1H;;/q;;;;;;;;;;;+6/p-6. The Hall–Kier alpha value is 3.23. The molecule has 0 saturated heterocycles. The molecule has 0 unspecified atom stereocenters. The molecule has 0 nitrogen and oxygen atoms in total. The van der Waals surface area contributed by atoms with Gasteiger partial charge in [-0.2, -0.15) is 0 Å². The molecular formula is C4H12Cl6SnW. The van der Waals surface area contributed by atoms with Gasteiger partial charge in [-0.25, -0.2) is 0 Å². The molecule has 0 atom stereocenters. The van der Waals surface area contributed by atoms with Crippen LogP contribution in [0.5, 0.6) is 0 Å². The van der Waals surface area contributed by atoms with Gasteiger partial charge in [-0.1, -0.05) is 0 Å². The molecule has 0 bridgehead atoms. The molecule has 0 aromatic heterocycles. The molecule has 0 aliphatic rings. The predicted molar refractivity (Wildman–Crippen MR) is 64.3 cm³/mol. The maximum absolute atomic E-state index is 5.47. The van der Waals surface area contributed by atoms with Crippen LogP contribution in [0.3, 0.4) is 0 Å². The Kier molecular flexibility index (Phi) is 6.23. The predicted octanol–water partition coefficient (Wildman–Crippen LogP) is 6.09. The van der Waals surface area contributed by atoms with Crippen molar-refractivity contribution in [3.8, 4) is 0 Å². The molecule has 0 fully saturated rings. The quantitative estimate of drug-likeness (QED) is 0.307. The van der Waals surface area contributed by atoms with Gasteiger partial charge in [0, 0.05) is 0 Å². The van der Waals surface area contributed by atoms with E-state index in [0.717, 1.165) is 0 Å². The Labute approximate surface area is 100 Å². The number of halogens is 6. The van der Waals surface area contributed by atoms with Crippen LogP contribution in [0.2, 0.25) is 19.8 Å². The van der Waals surface area contributed by atoms with Crippen LogP contribution in [0.25, 0.3) is 0 Å². The van der Waals surface area contributed by atoms with Crippen molar-refractivity contribution in [2.24, 2.45) is 0 Å². The van der Waals surface area contributed by atoms with E-state index in [1.54, 1.807) is 0 Å². The van der Waals surface area contributed by atoms with Crippen molar-refractivity contribution in [2.45, 2.75) is 19.8 Å². The monoisotopic (exact) mass is 574 g/mol. The molecule has 12 heavy (non-hydrogen) atoms. The Balaban J connectivity index is 0. The van der Waals surface area contributed by atoms with Crippen molar-refractivity contribution in [3.05, 3.63) is 0 Å². The van der Waals surface area contributed by atoms with E-state index in [1.807, 2.05) is 0 Å². The van der Waals surface area contributed by atoms with Crippen molar-refractivity contribution >= 4 is 74.9 Å². The molecule has 0 saturated carbocycles. The summed E-state index contributed by atoms with van der Waals surface area (Å²) >= 11 is -1.18. The van der Waals surface area contributed by atoms with Gasteiger partial charge in [0.2, 0.25) is 0 Å². The fourth-order valence-corrected chi connectivity index (χ4v) is 0. The SMILES string of the molecule is [CH3][Sn]([CH3])([CH3])[CH3].[Cl][W]([Cl])([Cl])([Cl])([Cl])[Cl]. The van der Waals surface area contributed by atoms with Crippen LogP contribution in [0.4, 0.5) is 0 Å². The second kappa shape index (κ2) is 4.24. The normalized spacial score (nSPS) is 18.5. The molecule has 0 amide bonds. The summed E-state index contributed by atoms with van der Waals surface area (Å²) < 4.78 is 0.